The third-order valence-electron chi connectivity index (χ3n) is 2.47. The number of nitrogens with two attached hydrogens (primary N) is 1. The topological polar surface area (TPSA) is 74.0 Å². The molecule has 3 heterocycles. The summed E-state index contributed by atoms with van der Waals surface area (Å²) in [6.07, 6.45) is 5.28. The Morgan fingerprint density at radius 3 is 2.88 bits per heavy atom. The molecule has 0 aliphatic heterocycles. The Morgan fingerprint density at radius 1 is 1.25 bits per heavy atom. The first kappa shape index (κ1) is 8.90. The first-order valence-corrected chi connectivity index (χ1v) is 4.82. The van der Waals surface area contributed by atoms with Crippen LogP contribution >= 0.6 is 0 Å². The van der Waals surface area contributed by atoms with Gasteiger partial charge >= 0.3 is 0 Å². The summed E-state index contributed by atoms with van der Waals surface area (Å²) < 4.78 is 3.74. The molecule has 16 heavy (non-hydrogen) atoms. The maximum Gasteiger partial charge on any atom is 0.186 e. The lowest BCUT2D eigenvalue weighted by atomic mass is 10.4. The largest absolute Gasteiger partial charge is 0.398 e. The molecule has 6 nitrogen and oxygen atoms in total. The summed E-state index contributed by atoms with van der Waals surface area (Å²) in [5.41, 5.74) is 8.09. The summed E-state index contributed by atoms with van der Waals surface area (Å²) >= 11 is 0. The van der Waals surface area contributed by atoms with E-state index in [1.807, 2.05) is 22.1 Å². The van der Waals surface area contributed by atoms with Crippen molar-refractivity contribution in [1.82, 2.24) is 24.1 Å². The maximum absolute atomic E-state index is 5.74. The molecule has 0 bridgehead atoms. The van der Waals surface area contributed by atoms with E-state index < -0.39 is 0 Å². The summed E-state index contributed by atoms with van der Waals surface area (Å²) in [6.45, 7) is 0. The highest BCUT2D eigenvalue weighted by atomic mass is 15.3. The van der Waals surface area contributed by atoms with Crippen molar-refractivity contribution >= 4 is 11.3 Å². The van der Waals surface area contributed by atoms with Gasteiger partial charge in [0.15, 0.2) is 11.5 Å². The average molecular weight is 214 g/mol. The molecule has 3 aromatic rings. The van der Waals surface area contributed by atoms with E-state index in [1.165, 1.54) is 0 Å². The predicted molar refractivity (Wildman–Crippen MR) is 59.6 cm³/mol. The van der Waals surface area contributed by atoms with Crippen LogP contribution in [0.2, 0.25) is 0 Å². The SMILES string of the molecule is Cn1cncc1-c1nnc2ccc(N)cn12. The molecule has 3 rings (SSSR count). The minimum atomic E-state index is 0.677. The van der Waals surface area contributed by atoms with Crippen LogP contribution in [0, 0.1) is 0 Å². The van der Waals surface area contributed by atoms with Crippen LogP contribution in [0.3, 0.4) is 0 Å². The Labute approximate surface area is 91.4 Å². The van der Waals surface area contributed by atoms with Crippen LogP contribution in [-0.2, 0) is 7.05 Å². The third-order valence-corrected chi connectivity index (χ3v) is 2.47. The van der Waals surface area contributed by atoms with E-state index in [2.05, 4.69) is 15.2 Å². The second kappa shape index (κ2) is 3.06. The van der Waals surface area contributed by atoms with E-state index in [0.717, 1.165) is 17.2 Å². The highest BCUT2D eigenvalue weighted by molar-refractivity contribution is 5.57. The number of anilines is 1. The molecule has 0 amide bonds. The van der Waals surface area contributed by atoms with Gasteiger partial charge in [0.05, 0.1) is 12.5 Å². The minimum absolute atomic E-state index is 0.677. The van der Waals surface area contributed by atoms with Gasteiger partial charge in [-0.2, -0.15) is 0 Å². The molecule has 3 aromatic heterocycles. The van der Waals surface area contributed by atoms with Crippen molar-refractivity contribution in [2.45, 2.75) is 0 Å². The van der Waals surface area contributed by atoms with E-state index in [1.54, 1.807) is 24.8 Å². The van der Waals surface area contributed by atoms with Crippen LogP contribution in [0.1, 0.15) is 0 Å². The monoisotopic (exact) mass is 214 g/mol. The van der Waals surface area contributed by atoms with Crippen molar-refractivity contribution in [1.29, 1.82) is 0 Å². The number of nitrogen functional groups attached to an aromatic ring is 1. The van der Waals surface area contributed by atoms with Crippen molar-refractivity contribution in [2.75, 3.05) is 5.73 Å². The molecule has 80 valence electrons. The zero-order valence-electron chi connectivity index (χ0n) is 8.70. The number of aromatic nitrogens is 5. The Morgan fingerprint density at radius 2 is 2.12 bits per heavy atom. The van der Waals surface area contributed by atoms with Gasteiger partial charge in [-0.15, -0.1) is 10.2 Å². The number of imidazole rings is 1. The van der Waals surface area contributed by atoms with E-state index in [-0.39, 0.29) is 0 Å². The fourth-order valence-corrected chi connectivity index (χ4v) is 1.65. The Balaban J connectivity index is 2.32. The molecule has 0 fully saturated rings. The minimum Gasteiger partial charge on any atom is -0.398 e. The molecule has 2 N–H and O–H groups in total. The Kier molecular flexibility index (Phi) is 1.70. The lowest BCUT2D eigenvalue weighted by Gasteiger charge is -2.01. The number of nitrogens with zero attached hydrogens (tertiary/aromatic N) is 5. The molecule has 0 aliphatic carbocycles. The lowest BCUT2D eigenvalue weighted by Crippen LogP contribution is -1.96. The second-order valence-electron chi connectivity index (χ2n) is 3.60. The van der Waals surface area contributed by atoms with E-state index >= 15 is 0 Å². The molecule has 6 heteroatoms. The molecule has 0 spiro atoms. The third kappa shape index (κ3) is 1.16. The Hall–Kier alpha value is -2.37. The Bertz CT molecular complexity index is 650. The normalized spacial score (nSPS) is 11.1. The van der Waals surface area contributed by atoms with Crippen LogP contribution in [-0.4, -0.2) is 24.1 Å². The van der Waals surface area contributed by atoms with Gasteiger partial charge < -0.3 is 10.3 Å². The van der Waals surface area contributed by atoms with Gasteiger partial charge in [0.25, 0.3) is 0 Å². The fourth-order valence-electron chi connectivity index (χ4n) is 1.65. The molecule has 0 saturated carbocycles. The van der Waals surface area contributed by atoms with Gasteiger partial charge in [-0.3, -0.25) is 4.40 Å². The molecule has 0 saturated heterocycles. The van der Waals surface area contributed by atoms with Crippen molar-refractivity contribution in [2.24, 2.45) is 7.05 Å². The van der Waals surface area contributed by atoms with Gasteiger partial charge in [0.1, 0.15) is 5.69 Å². The van der Waals surface area contributed by atoms with Gasteiger partial charge in [0.2, 0.25) is 0 Å². The zero-order valence-corrected chi connectivity index (χ0v) is 8.70. The van der Waals surface area contributed by atoms with E-state index in [9.17, 15) is 0 Å². The van der Waals surface area contributed by atoms with E-state index in [4.69, 9.17) is 5.73 Å². The van der Waals surface area contributed by atoms with Crippen LogP contribution in [0.15, 0.2) is 30.9 Å². The lowest BCUT2D eigenvalue weighted by molar-refractivity contribution is 0.904. The number of rotatable bonds is 1. The first-order chi connectivity index (χ1) is 7.75. The van der Waals surface area contributed by atoms with Crippen LogP contribution < -0.4 is 5.73 Å². The molecular formula is C10H10N6. The summed E-state index contributed by atoms with van der Waals surface area (Å²) in [5, 5.41) is 8.21. The van der Waals surface area contributed by atoms with Crippen molar-refractivity contribution in [3.8, 4) is 11.5 Å². The zero-order chi connectivity index (χ0) is 11.1. The molecular weight excluding hydrogens is 204 g/mol. The van der Waals surface area contributed by atoms with Gasteiger partial charge in [-0.05, 0) is 12.1 Å². The second-order valence-corrected chi connectivity index (χ2v) is 3.60. The highest BCUT2D eigenvalue weighted by Crippen LogP contribution is 2.18. The number of hydrogen-bond donors (Lipinski definition) is 1. The van der Waals surface area contributed by atoms with Crippen LogP contribution in [0.25, 0.3) is 17.2 Å². The quantitative estimate of drug-likeness (QED) is 0.647. The van der Waals surface area contributed by atoms with Gasteiger partial charge in [-0.1, -0.05) is 0 Å². The number of aryl methyl sites for hydroxylation is 1. The first-order valence-electron chi connectivity index (χ1n) is 4.82. The molecule has 0 radical (unpaired) electrons. The molecule has 0 aliphatic rings. The van der Waals surface area contributed by atoms with Crippen LogP contribution in [0.4, 0.5) is 5.69 Å². The average Bonchev–Trinajstić information content (AvgIpc) is 2.83. The molecule has 0 unspecified atom stereocenters. The number of pyridine rings is 1. The number of hydrogen-bond acceptors (Lipinski definition) is 4. The number of fused-ring (bicyclic) bond motifs is 1. The van der Waals surface area contributed by atoms with Crippen LogP contribution in [0.5, 0.6) is 0 Å². The summed E-state index contributed by atoms with van der Waals surface area (Å²) in [4.78, 5) is 4.06. The summed E-state index contributed by atoms with van der Waals surface area (Å²) in [6, 6.07) is 3.64. The van der Waals surface area contributed by atoms with Crippen molar-refractivity contribution in [3.05, 3.63) is 30.9 Å². The predicted octanol–water partition coefficient (Wildman–Crippen LogP) is 0.712. The van der Waals surface area contributed by atoms with Crippen molar-refractivity contribution in [3.63, 3.8) is 0 Å². The maximum atomic E-state index is 5.74. The van der Waals surface area contributed by atoms with Crippen molar-refractivity contribution < 1.29 is 0 Å². The standard InChI is InChI=1S/C10H10N6/c1-15-6-12-4-8(15)10-14-13-9-3-2-7(11)5-16(9)10/h2-6H,11H2,1H3. The summed E-state index contributed by atoms with van der Waals surface area (Å²) in [5.74, 6) is 0.738. The molecule has 0 aromatic carbocycles. The molecule has 0 atom stereocenters. The van der Waals surface area contributed by atoms with Gasteiger partial charge in [-0.25, -0.2) is 4.98 Å². The fraction of sp³-hybridized carbons (Fsp3) is 0.100. The summed E-state index contributed by atoms with van der Waals surface area (Å²) in [7, 11) is 1.91. The smallest absolute Gasteiger partial charge is 0.186 e. The highest BCUT2D eigenvalue weighted by Gasteiger charge is 2.10. The van der Waals surface area contributed by atoms with Gasteiger partial charge in [0, 0.05) is 18.9 Å². The van der Waals surface area contributed by atoms with E-state index in [0.29, 0.717) is 5.69 Å².